The highest BCUT2D eigenvalue weighted by Crippen LogP contribution is 2.36. The number of aromatic nitrogens is 3. The van der Waals surface area contributed by atoms with Gasteiger partial charge in [-0.25, -0.2) is 9.78 Å². The molecule has 0 bridgehead atoms. The molecular weight excluding hydrogens is 500 g/mol. The van der Waals surface area contributed by atoms with Crippen LogP contribution in [0.5, 0.6) is 0 Å². The van der Waals surface area contributed by atoms with Crippen LogP contribution >= 0.6 is 0 Å². The predicted octanol–water partition coefficient (Wildman–Crippen LogP) is 2.09. The third-order valence-corrected chi connectivity index (χ3v) is 7.64. The molecule has 1 atom stereocenters. The molecule has 1 fully saturated rings. The van der Waals surface area contributed by atoms with Gasteiger partial charge in [0.25, 0.3) is 5.56 Å². The Morgan fingerprint density at radius 3 is 2.67 bits per heavy atom. The number of anilines is 1. The van der Waals surface area contributed by atoms with E-state index in [0.717, 1.165) is 61.1 Å². The van der Waals surface area contributed by atoms with Crippen molar-refractivity contribution in [3.63, 3.8) is 0 Å². The van der Waals surface area contributed by atoms with E-state index in [4.69, 9.17) is 9.72 Å². The average molecular weight is 535 g/mol. The van der Waals surface area contributed by atoms with Crippen molar-refractivity contribution >= 4 is 34.6 Å². The van der Waals surface area contributed by atoms with Gasteiger partial charge in [-0.1, -0.05) is 6.07 Å². The van der Waals surface area contributed by atoms with Crippen LogP contribution in [0.2, 0.25) is 0 Å². The molecule has 0 unspecified atom stereocenters. The molecule has 3 aromatic rings. The third kappa shape index (κ3) is 5.39. The topological polar surface area (TPSA) is 119 Å². The highest BCUT2D eigenvalue weighted by atomic mass is 16.5. The minimum Gasteiger partial charge on any atom is -0.452 e. The summed E-state index contributed by atoms with van der Waals surface area (Å²) < 4.78 is 8.49. The molecule has 0 saturated carbocycles. The smallest absolute Gasteiger partial charge is 0.414 e. The molecule has 39 heavy (non-hydrogen) atoms. The molecule has 2 aromatic heterocycles. The Labute approximate surface area is 226 Å². The van der Waals surface area contributed by atoms with Gasteiger partial charge < -0.3 is 24.1 Å². The molecule has 2 aliphatic heterocycles. The standard InChI is InChI=1S/C28H34N6O5/c1-19-8-9-20-21(34(19)28(38)39-2)10-11-22-27(20)30-23(12-16-32-13-4-3-7-25(32)36)33(22)18-24(35)29-17-26(37)31-14-5-6-15-31/h3-4,7,10-11,13,19H,5-6,8-9,12,14-18H2,1-2H3,(H,29,35)/t19-/m0/s1. The number of rotatable bonds is 7. The Balaban J connectivity index is 1.46. The maximum absolute atomic E-state index is 13.0. The molecule has 0 radical (unpaired) electrons. The number of hydrogen-bond donors (Lipinski definition) is 1. The van der Waals surface area contributed by atoms with Crippen LogP contribution in [0, 0.1) is 0 Å². The van der Waals surface area contributed by atoms with E-state index in [2.05, 4.69) is 5.32 Å². The zero-order valence-corrected chi connectivity index (χ0v) is 22.4. The summed E-state index contributed by atoms with van der Waals surface area (Å²) in [5, 5.41) is 2.77. The molecule has 5 rings (SSSR count). The maximum Gasteiger partial charge on any atom is 0.414 e. The Bertz CT molecular complexity index is 1450. The van der Waals surface area contributed by atoms with Crippen LogP contribution in [-0.2, 0) is 40.3 Å². The molecule has 0 aliphatic carbocycles. The fraction of sp³-hybridized carbons (Fsp3) is 0.464. The quantitative estimate of drug-likeness (QED) is 0.496. The largest absolute Gasteiger partial charge is 0.452 e. The highest BCUT2D eigenvalue weighted by Gasteiger charge is 2.31. The molecule has 0 spiro atoms. The first kappa shape index (κ1) is 26.5. The van der Waals surface area contributed by atoms with Crippen LogP contribution in [0.4, 0.5) is 10.5 Å². The number of benzene rings is 1. The Morgan fingerprint density at radius 1 is 1.13 bits per heavy atom. The Kier molecular flexibility index (Phi) is 7.67. The molecule has 1 N–H and O–H groups in total. The number of amides is 3. The summed E-state index contributed by atoms with van der Waals surface area (Å²) in [7, 11) is 1.37. The van der Waals surface area contributed by atoms with Crippen LogP contribution in [0.1, 0.15) is 37.6 Å². The van der Waals surface area contributed by atoms with E-state index in [-0.39, 0.29) is 36.5 Å². The van der Waals surface area contributed by atoms with Gasteiger partial charge in [0.1, 0.15) is 12.4 Å². The van der Waals surface area contributed by atoms with Gasteiger partial charge in [0.2, 0.25) is 11.8 Å². The lowest BCUT2D eigenvalue weighted by atomic mass is 9.96. The van der Waals surface area contributed by atoms with Gasteiger partial charge in [-0.15, -0.1) is 0 Å². The zero-order chi connectivity index (χ0) is 27.5. The number of imidazole rings is 1. The number of aryl methyl sites for hydroxylation is 3. The van der Waals surface area contributed by atoms with Crippen molar-refractivity contribution in [1.29, 1.82) is 0 Å². The van der Waals surface area contributed by atoms with E-state index in [1.807, 2.05) is 23.6 Å². The van der Waals surface area contributed by atoms with E-state index in [1.165, 1.54) is 13.2 Å². The first-order valence-corrected chi connectivity index (χ1v) is 13.5. The van der Waals surface area contributed by atoms with E-state index in [0.29, 0.717) is 18.8 Å². The number of nitrogens with zero attached hydrogens (tertiary/aromatic N) is 5. The molecular formula is C28H34N6O5. The number of pyridine rings is 1. The molecule has 4 heterocycles. The molecule has 1 aromatic carbocycles. The number of carbonyl (C=O) groups excluding carboxylic acids is 3. The summed E-state index contributed by atoms with van der Waals surface area (Å²) in [4.78, 5) is 58.7. The summed E-state index contributed by atoms with van der Waals surface area (Å²) in [6.07, 6.45) is 5.19. The average Bonchev–Trinajstić information content (AvgIpc) is 3.59. The second-order valence-corrected chi connectivity index (χ2v) is 10.1. The SMILES string of the molecule is COC(=O)N1c2ccc3c(nc(CCn4ccccc4=O)n3CC(=O)NCC(=O)N3CCCC3)c2CC[C@@H]1C. The zero-order valence-electron chi connectivity index (χ0n) is 22.4. The first-order valence-electron chi connectivity index (χ1n) is 13.5. The van der Waals surface area contributed by atoms with E-state index < -0.39 is 6.09 Å². The number of carbonyl (C=O) groups is 3. The minimum atomic E-state index is -0.423. The van der Waals surface area contributed by atoms with Crippen LogP contribution in [0.3, 0.4) is 0 Å². The van der Waals surface area contributed by atoms with E-state index >= 15 is 0 Å². The molecule has 11 heteroatoms. The van der Waals surface area contributed by atoms with Gasteiger partial charge in [-0.3, -0.25) is 19.3 Å². The summed E-state index contributed by atoms with van der Waals surface area (Å²) >= 11 is 0. The second-order valence-electron chi connectivity index (χ2n) is 10.1. The third-order valence-electron chi connectivity index (χ3n) is 7.64. The van der Waals surface area contributed by atoms with Gasteiger partial charge in [0.05, 0.1) is 30.4 Å². The number of fused-ring (bicyclic) bond motifs is 3. The van der Waals surface area contributed by atoms with Crippen molar-refractivity contribution in [2.24, 2.45) is 0 Å². The second kappa shape index (κ2) is 11.3. The first-order chi connectivity index (χ1) is 18.9. The molecule has 3 amide bonds. The highest BCUT2D eigenvalue weighted by molar-refractivity contribution is 5.96. The lowest BCUT2D eigenvalue weighted by Gasteiger charge is -2.34. The molecule has 206 valence electrons. The molecule has 11 nitrogen and oxygen atoms in total. The van der Waals surface area contributed by atoms with Crippen LogP contribution < -0.4 is 15.8 Å². The summed E-state index contributed by atoms with van der Waals surface area (Å²) in [6.45, 7) is 3.79. The monoisotopic (exact) mass is 534 g/mol. The Morgan fingerprint density at radius 2 is 1.92 bits per heavy atom. The van der Waals surface area contributed by atoms with Crippen LogP contribution in [-0.4, -0.2) is 69.7 Å². The van der Waals surface area contributed by atoms with Gasteiger partial charge in [-0.2, -0.15) is 0 Å². The van der Waals surface area contributed by atoms with Gasteiger partial charge >= 0.3 is 6.09 Å². The Hall–Kier alpha value is -4.15. The fourth-order valence-electron chi connectivity index (χ4n) is 5.54. The number of hydrogen-bond acceptors (Lipinski definition) is 6. The summed E-state index contributed by atoms with van der Waals surface area (Å²) in [6, 6.07) is 8.73. The normalized spacial score (nSPS) is 16.8. The lowest BCUT2D eigenvalue weighted by molar-refractivity contribution is -0.132. The van der Waals surface area contributed by atoms with E-state index in [1.54, 1.807) is 32.7 Å². The van der Waals surface area contributed by atoms with Crippen molar-refractivity contribution in [1.82, 2.24) is 24.3 Å². The minimum absolute atomic E-state index is 0.0152. The van der Waals surface area contributed by atoms with Crippen LogP contribution in [0.15, 0.2) is 41.3 Å². The molecule has 1 saturated heterocycles. The van der Waals surface area contributed by atoms with Gasteiger partial charge in [0.15, 0.2) is 0 Å². The number of nitrogens with one attached hydrogen (secondary N) is 1. The van der Waals surface area contributed by atoms with Gasteiger partial charge in [-0.05, 0) is 50.8 Å². The number of ether oxygens (including phenoxy) is 1. The fourth-order valence-corrected chi connectivity index (χ4v) is 5.54. The van der Waals surface area contributed by atoms with Crippen molar-refractivity contribution in [2.45, 2.75) is 58.2 Å². The summed E-state index contributed by atoms with van der Waals surface area (Å²) in [5.74, 6) is 0.284. The van der Waals surface area contributed by atoms with Gasteiger partial charge in [0, 0.05) is 49.9 Å². The number of methoxy groups -OCH3 is 1. The van der Waals surface area contributed by atoms with E-state index in [9.17, 15) is 19.2 Å². The maximum atomic E-state index is 13.0. The predicted molar refractivity (Wildman–Crippen MR) is 146 cm³/mol. The lowest BCUT2D eigenvalue weighted by Crippen LogP contribution is -2.42. The van der Waals surface area contributed by atoms with Crippen molar-refractivity contribution in [3.05, 3.63) is 58.3 Å². The van der Waals surface area contributed by atoms with Crippen molar-refractivity contribution in [2.75, 3.05) is 31.6 Å². The van der Waals surface area contributed by atoms with Crippen molar-refractivity contribution < 1.29 is 19.1 Å². The summed E-state index contributed by atoms with van der Waals surface area (Å²) in [5.41, 5.74) is 3.06. The number of likely N-dealkylation sites (tertiary alicyclic amines) is 1. The van der Waals surface area contributed by atoms with Crippen molar-refractivity contribution in [3.8, 4) is 0 Å². The molecule has 2 aliphatic rings. The van der Waals surface area contributed by atoms with Crippen LogP contribution in [0.25, 0.3) is 11.0 Å².